The molecule has 0 saturated heterocycles. The number of hydrogen-bond acceptors (Lipinski definition) is 0. The summed E-state index contributed by atoms with van der Waals surface area (Å²) < 4.78 is 0. The number of unbranched alkanes of at least 4 members (excludes halogenated alkanes) is 4. The summed E-state index contributed by atoms with van der Waals surface area (Å²) >= 11 is 0. The third-order valence-corrected chi connectivity index (χ3v) is 3.88. The van der Waals surface area contributed by atoms with Gasteiger partial charge in [-0.05, 0) is 0 Å². The van der Waals surface area contributed by atoms with Gasteiger partial charge in [-0.1, -0.05) is 45.1 Å². The van der Waals surface area contributed by atoms with Crippen LogP contribution in [0.15, 0.2) is 0 Å². The molecule has 0 fully saturated rings. The van der Waals surface area contributed by atoms with Crippen molar-refractivity contribution in [2.24, 2.45) is 0 Å². The fraction of sp³-hybridized carbons (Fsp3) is 1.00. The van der Waals surface area contributed by atoms with Crippen molar-refractivity contribution in [3.63, 3.8) is 0 Å². The lowest BCUT2D eigenvalue weighted by atomic mass is 10.2. The zero-order chi connectivity index (χ0) is 7.82. The first kappa shape index (κ1) is 10.7. The van der Waals surface area contributed by atoms with Gasteiger partial charge in [-0.15, -0.1) is 0 Å². The molecule has 0 amide bonds. The summed E-state index contributed by atoms with van der Waals surface area (Å²) in [5, 5.41) is 0. The zero-order valence-electron chi connectivity index (χ0n) is 6.74. The molecular weight excluding hydrogens is 168 g/mol. The van der Waals surface area contributed by atoms with Crippen LogP contribution in [0.3, 0.4) is 0 Å². The Hall–Kier alpha value is 0.651. The van der Waals surface area contributed by atoms with Crippen LogP contribution < -0.4 is 0 Å². The minimum Gasteiger partial charge on any atom is -0.0654 e. The molecule has 0 bridgehead atoms. The molecule has 3 heteroatoms. The van der Waals surface area contributed by atoms with Gasteiger partial charge in [0, 0.05) is 27.4 Å². The van der Waals surface area contributed by atoms with Crippen LogP contribution in [0.25, 0.3) is 0 Å². The molecule has 0 aliphatic rings. The van der Waals surface area contributed by atoms with Crippen LogP contribution in [-0.4, -0.2) is 27.4 Å². The summed E-state index contributed by atoms with van der Waals surface area (Å²) in [4.78, 5) is 0. The summed E-state index contributed by atoms with van der Waals surface area (Å²) in [5.74, 6) is 0. The lowest BCUT2D eigenvalue weighted by molar-refractivity contribution is 0.655. The highest BCUT2D eigenvalue weighted by Crippen LogP contribution is 2.05. The van der Waals surface area contributed by atoms with Crippen molar-refractivity contribution in [3.8, 4) is 0 Å². The monoisotopic (exact) mass is 183 g/mol. The molecule has 0 aliphatic carbocycles. The maximum Gasteiger partial charge on any atom is 0.0144 e. The van der Waals surface area contributed by atoms with E-state index in [2.05, 4.69) is 26.4 Å². The van der Waals surface area contributed by atoms with Gasteiger partial charge in [0.05, 0.1) is 0 Å². The van der Waals surface area contributed by atoms with Crippen LogP contribution in [0.4, 0.5) is 0 Å². The normalized spacial score (nSPS) is 10.8. The second-order valence-corrected chi connectivity index (χ2v) is 9.22. The van der Waals surface area contributed by atoms with E-state index in [0.29, 0.717) is 0 Å². The molecule has 0 spiro atoms. The maximum absolute atomic E-state index is 3.60. The van der Waals surface area contributed by atoms with Gasteiger partial charge in [0.15, 0.2) is 0 Å². The van der Waals surface area contributed by atoms with Gasteiger partial charge in [0.2, 0.25) is 0 Å². The van der Waals surface area contributed by atoms with Crippen LogP contribution in [0, 0.1) is 0 Å². The Morgan fingerprint density at radius 1 is 1.00 bits per heavy atom. The van der Waals surface area contributed by atoms with E-state index in [4.69, 9.17) is 0 Å². The zero-order valence-corrected chi connectivity index (χ0v) is 9.74. The highest BCUT2D eigenvalue weighted by molar-refractivity contribution is 7.29. The second-order valence-electron chi connectivity index (χ2n) is 2.64. The van der Waals surface area contributed by atoms with Crippen LogP contribution in [-0.2, 0) is 0 Å². The first-order valence-corrected chi connectivity index (χ1v) is 8.77. The SMILES string of the molecule is CCCCCCC[Si]([Si])[Si]. The highest BCUT2D eigenvalue weighted by atomic mass is 29.5. The Kier molecular flexibility index (Phi) is 8.26. The molecule has 0 aromatic heterocycles. The molecule has 0 N–H and O–H groups in total. The highest BCUT2D eigenvalue weighted by Gasteiger charge is 1.94. The smallest absolute Gasteiger partial charge is 0.0144 e. The third kappa shape index (κ3) is 8.65. The fourth-order valence-electron chi connectivity index (χ4n) is 0.905. The van der Waals surface area contributed by atoms with Gasteiger partial charge in [0.1, 0.15) is 0 Å². The van der Waals surface area contributed by atoms with Crippen molar-refractivity contribution in [1.29, 1.82) is 0 Å². The molecule has 0 rings (SSSR count). The van der Waals surface area contributed by atoms with E-state index in [1.54, 1.807) is 0 Å². The molecule has 0 aliphatic heterocycles. The van der Waals surface area contributed by atoms with E-state index in [-0.39, 0.29) is 7.83 Å². The lowest BCUT2D eigenvalue weighted by Crippen LogP contribution is -2.11. The van der Waals surface area contributed by atoms with E-state index in [9.17, 15) is 0 Å². The lowest BCUT2D eigenvalue weighted by Gasteiger charge is -2.01. The van der Waals surface area contributed by atoms with E-state index < -0.39 is 0 Å². The van der Waals surface area contributed by atoms with E-state index in [1.165, 1.54) is 38.1 Å². The first-order valence-electron chi connectivity index (χ1n) is 4.06. The van der Waals surface area contributed by atoms with Crippen LogP contribution >= 0.6 is 0 Å². The van der Waals surface area contributed by atoms with E-state index in [0.717, 1.165) is 0 Å². The molecule has 0 nitrogen and oxygen atoms in total. The molecular formula is C7H15Si3. The maximum atomic E-state index is 3.60. The summed E-state index contributed by atoms with van der Waals surface area (Å²) in [7, 11) is 6.90. The van der Waals surface area contributed by atoms with Crippen molar-refractivity contribution in [2.45, 2.75) is 45.1 Å². The van der Waals surface area contributed by atoms with Crippen molar-refractivity contribution >= 4 is 27.4 Å². The van der Waals surface area contributed by atoms with Gasteiger partial charge >= 0.3 is 0 Å². The minimum absolute atomic E-state index is 0.311. The molecule has 0 aromatic rings. The summed E-state index contributed by atoms with van der Waals surface area (Å²) in [5.41, 5.74) is 0. The molecule has 0 aromatic carbocycles. The van der Waals surface area contributed by atoms with Crippen LogP contribution in [0.5, 0.6) is 0 Å². The third-order valence-electron chi connectivity index (χ3n) is 1.53. The Balaban J connectivity index is 2.77. The quantitative estimate of drug-likeness (QED) is 0.435. The summed E-state index contributed by atoms with van der Waals surface area (Å²) in [6.45, 7) is 2.25. The van der Waals surface area contributed by atoms with Gasteiger partial charge in [0.25, 0.3) is 0 Å². The fourth-order valence-corrected chi connectivity index (χ4v) is 2.57. The largest absolute Gasteiger partial charge is 0.0654 e. The van der Waals surface area contributed by atoms with Gasteiger partial charge in [-0.3, -0.25) is 0 Å². The van der Waals surface area contributed by atoms with Gasteiger partial charge in [-0.2, -0.15) is 0 Å². The molecule has 10 heavy (non-hydrogen) atoms. The summed E-state index contributed by atoms with van der Waals surface area (Å²) in [6, 6.07) is 1.35. The van der Waals surface area contributed by atoms with Crippen molar-refractivity contribution in [1.82, 2.24) is 0 Å². The Morgan fingerprint density at radius 2 is 1.60 bits per heavy atom. The molecule has 0 heterocycles. The van der Waals surface area contributed by atoms with Crippen molar-refractivity contribution < 1.29 is 0 Å². The number of rotatable bonds is 6. The predicted octanol–water partition coefficient (Wildman–Crippen LogP) is 1.78. The molecule has 55 valence electrons. The van der Waals surface area contributed by atoms with E-state index in [1.807, 2.05) is 0 Å². The average molecular weight is 183 g/mol. The molecule has 0 unspecified atom stereocenters. The summed E-state index contributed by atoms with van der Waals surface area (Å²) in [6.07, 6.45) is 6.98. The first-order chi connectivity index (χ1) is 4.77. The van der Waals surface area contributed by atoms with E-state index >= 15 is 0 Å². The average Bonchev–Trinajstić information content (AvgIpc) is 1.87. The Morgan fingerprint density at radius 3 is 2.10 bits per heavy atom. The molecule has 0 atom stereocenters. The van der Waals surface area contributed by atoms with Gasteiger partial charge < -0.3 is 0 Å². The Bertz CT molecular complexity index is 63.9. The van der Waals surface area contributed by atoms with Gasteiger partial charge in [-0.25, -0.2) is 0 Å². The standard InChI is InChI=1S/C7H15Si3/c1-2-3-4-5-6-7-10(8)9/h2-7H2,1H3. The second kappa shape index (κ2) is 7.75. The topological polar surface area (TPSA) is 0 Å². The van der Waals surface area contributed by atoms with Crippen molar-refractivity contribution in [2.75, 3.05) is 0 Å². The molecule has 7 radical (unpaired) electrons. The Labute approximate surface area is 72.8 Å². The molecule has 0 saturated carbocycles. The number of hydrogen-bond donors (Lipinski definition) is 0. The van der Waals surface area contributed by atoms with Crippen LogP contribution in [0.1, 0.15) is 39.0 Å². The minimum atomic E-state index is -0.311. The van der Waals surface area contributed by atoms with Crippen LogP contribution in [0.2, 0.25) is 6.04 Å². The van der Waals surface area contributed by atoms with Crippen molar-refractivity contribution in [3.05, 3.63) is 0 Å². The predicted molar refractivity (Wildman–Crippen MR) is 50.8 cm³/mol.